The predicted octanol–water partition coefficient (Wildman–Crippen LogP) is 1.88. The summed E-state index contributed by atoms with van der Waals surface area (Å²) < 4.78 is 87.5. The second-order valence-corrected chi connectivity index (χ2v) is 13.6. The molecule has 0 saturated carbocycles. The van der Waals surface area contributed by atoms with E-state index in [1.54, 1.807) is 0 Å². The van der Waals surface area contributed by atoms with Gasteiger partial charge in [0, 0.05) is 50.9 Å². The summed E-state index contributed by atoms with van der Waals surface area (Å²) in [4.78, 5) is 63.5. The molecule has 0 aliphatic carbocycles. The standard InChI is InChI=1S/C38H62F5N7O9/c39-32-33(40)35(42)37(36(43)34(32)41)59-31(55)11-22-57-24-26-58-25-23-56-21-10-30(54)50-38(12-7-27(51)47-18-4-1-15-44,13-8-28(52)48-19-5-2-16-45)14-9-29(53)49-20-6-3-17-46/h1-26,44-46H2,(H,47,51)(H,48,52)(H,49,53)(H,50,54). The monoisotopic (exact) mass is 855 g/mol. The minimum Gasteiger partial charge on any atom is -0.420 e. The Morgan fingerprint density at radius 1 is 0.458 bits per heavy atom. The molecular formula is C38H62F5N7O9. The van der Waals surface area contributed by atoms with Crippen molar-refractivity contribution in [3.8, 4) is 5.75 Å². The molecule has 0 saturated heterocycles. The van der Waals surface area contributed by atoms with Gasteiger partial charge in [-0.1, -0.05) is 0 Å². The lowest BCUT2D eigenvalue weighted by Crippen LogP contribution is -2.50. The van der Waals surface area contributed by atoms with E-state index in [-0.39, 0.29) is 102 Å². The summed E-state index contributed by atoms with van der Waals surface area (Å²) in [6, 6.07) is 0. The van der Waals surface area contributed by atoms with Crippen molar-refractivity contribution in [3.05, 3.63) is 29.1 Å². The summed E-state index contributed by atoms with van der Waals surface area (Å²) in [6.45, 7) is 2.72. The topological polar surface area (TPSA) is 248 Å². The number of amides is 4. The van der Waals surface area contributed by atoms with Gasteiger partial charge in [0.1, 0.15) is 0 Å². The van der Waals surface area contributed by atoms with E-state index < -0.39 is 58.7 Å². The molecule has 0 aliphatic heterocycles. The number of carbonyl (C=O) groups is 5. The Bertz CT molecular complexity index is 1330. The number of rotatable bonds is 35. The van der Waals surface area contributed by atoms with Crippen molar-refractivity contribution < 1.29 is 64.9 Å². The van der Waals surface area contributed by atoms with Crippen molar-refractivity contribution in [2.45, 2.75) is 95.4 Å². The van der Waals surface area contributed by atoms with Gasteiger partial charge in [0.05, 0.1) is 46.1 Å². The van der Waals surface area contributed by atoms with Gasteiger partial charge in [-0.3, -0.25) is 24.0 Å². The molecule has 0 heterocycles. The van der Waals surface area contributed by atoms with Crippen molar-refractivity contribution >= 4 is 29.6 Å². The number of nitrogens with one attached hydrogen (secondary N) is 4. The minimum absolute atomic E-state index is 0.00217. The molecule has 21 heteroatoms. The van der Waals surface area contributed by atoms with Gasteiger partial charge in [0.15, 0.2) is 0 Å². The number of halogens is 5. The molecule has 59 heavy (non-hydrogen) atoms. The first-order valence-corrected chi connectivity index (χ1v) is 20.0. The van der Waals surface area contributed by atoms with Gasteiger partial charge in [-0.2, -0.15) is 8.78 Å². The fraction of sp³-hybridized carbons (Fsp3) is 0.711. The number of unbranched alkanes of at least 4 members (excludes halogenated alkanes) is 3. The molecule has 0 spiro atoms. The van der Waals surface area contributed by atoms with E-state index in [0.29, 0.717) is 58.5 Å². The van der Waals surface area contributed by atoms with Crippen LogP contribution in [0.15, 0.2) is 0 Å². The number of benzene rings is 1. The van der Waals surface area contributed by atoms with Gasteiger partial charge in [-0.25, -0.2) is 13.2 Å². The number of carbonyl (C=O) groups excluding carboxylic acids is 5. The van der Waals surface area contributed by atoms with Gasteiger partial charge in [-0.05, 0) is 77.4 Å². The Balaban J connectivity index is 2.66. The van der Waals surface area contributed by atoms with Crippen LogP contribution in [0.1, 0.15) is 89.9 Å². The molecule has 0 fully saturated rings. The first-order chi connectivity index (χ1) is 28.3. The zero-order valence-corrected chi connectivity index (χ0v) is 33.7. The molecular weight excluding hydrogens is 793 g/mol. The molecule has 0 atom stereocenters. The Morgan fingerprint density at radius 2 is 0.814 bits per heavy atom. The van der Waals surface area contributed by atoms with E-state index in [0.717, 1.165) is 19.3 Å². The number of ether oxygens (including phenoxy) is 4. The third kappa shape index (κ3) is 23.4. The SMILES string of the molecule is NCCCCNC(=O)CCC(CCC(=O)NCCCCN)(CCC(=O)NCCCCN)NC(=O)CCOCCOCCOCCC(=O)Oc1c(F)c(F)c(F)c(F)c1F. The molecule has 338 valence electrons. The van der Waals surface area contributed by atoms with Gasteiger partial charge in [0.2, 0.25) is 58.5 Å². The van der Waals surface area contributed by atoms with E-state index in [1.165, 1.54) is 0 Å². The number of hydrogen-bond acceptors (Lipinski definition) is 12. The zero-order valence-electron chi connectivity index (χ0n) is 33.7. The Labute approximate surface area is 341 Å². The van der Waals surface area contributed by atoms with Crippen LogP contribution in [0, 0.1) is 29.1 Å². The average molecular weight is 856 g/mol. The minimum atomic E-state index is -2.38. The van der Waals surface area contributed by atoms with Gasteiger partial charge in [0.25, 0.3) is 0 Å². The van der Waals surface area contributed by atoms with Crippen LogP contribution in [0.5, 0.6) is 5.75 Å². The molecule has 0 bridgehead atoms. The highest BCUT2D eigenvalue weighted by atomic mass is 19.2. The molecule has 0 aliphatic rings. The summed E-state index contributed by atoms with van der Waals surface area (Å²) in [6.07, 6.45) is 4.38. The maximum Gasteiger partial charge on any atom is 0.313 e. The molecule has 0 unspecified atom stereocenters. The lowest BCUT2D eigenvalue weighted by atomic mass is 9.83. The van der Waals surface area contributed by atoms with Gasteiger partial charge >= 0.3 is 5.97 Å². The van der Waals surface area contributed by atoms with Crippen LogP contribution in [0.25, 0.3) is 0 Å². The molecule has 0 radical (unpaired) electrons. The average Bonchev–Trinajstić information content (AvgIpc) is 3.22. The number of nitrogens with two attached hydrogens (primary N) is 3. The Kier molecular flexibility index (Phi) is 28.6. The van der Waals surface area contributed by atoms with Crippen LogP contribution in [-0.2, 0) is 38.2 Å². The van der Waals surface area contributed by atoms with E-state index in [9.17, 15) is 45.9 Å². The lowest BCUT2D eigenvalue weighted by molar-refractivity contribution is -0.136. The van der Waals surface area contributed by atoms with E-state index in [1.807, 2.05) is 0 Å². The molecule has 10 N–H and O–H groups in total. The van der Waals surface area contributed by atoms with Crippen LogP contribution in [-0.4, -0.2) is 114 Å². The predicted molar refractivity (Wildman–Crippen MR) is 206 cm³/mol. The van der Waals surface area contributed by atoms with E-state index >= 15 is 0 Å². The fourth-order valence-electron chi connectivity index (χ4n) is 5.44. The maximum atomic E-state index is 13.7. The number of esters is 1. The van der Waals surface area contributed by atoms with Crippen molar-refractivity contribution in [2.75, 3.05) is 78.9 Å². The largest absolute Gasteiger partial charge is 0.420 e. The van der Waals surface area contributed by atoms with Crippen LogP contribution in [0.4, 0.5) is 22.0 Å². The first-order valence-electron chi connectivity index (χ1n) is 20.0. The van der Waals surface area contributed by atoms with Crippen LogP contribution >= 0.6 is 0 Å². The highest BCUT2D eigenvalue weighted by molar-refractivity contribution is 5.80. The van der Waals surface area contributed by atoms with Crippen molar-refractivity contribution in [1.82, 2.24) is 21.3 Å². The molecule has 1 aromatic carbocycles. The zero-order chi connectivity index (χ0) is 43.9. The van der Waals surface area contributed by atoms with Crippen molar-refractivity contribution in [1.29, 1.82) is 0 Å². The molecule has 1 rings (SSSR count). The van der Waals surface area contributed by atoms with Crippen molar-refractivity contribution in [2.24, 2.45) is 17.2 Å². The van der Waals surface area contributed by atoms with Crippen LogP contribution in [0.2, 0.25) is 0 Å². The third-order valence-corrected chi connectivity index (χ3v) is 8.81. The highest BCUT2D eigenvalue weighted by Crippen LogP contribution is 2.29. The summed E-state index contributed by atoms with van der Waals surface area (Å²) in [5, 5.41) is 11.6. The highest BCUT2D eigenvalue weighted by Gasteiger charge is 2.34. The quantitative estimate of drug-likeness (QED) is 0.0129. The van der Waals surface area contributed by atoms with Crippen LogP contribution < -0.4 is 43.2 Å². The third-order valence-electron chi connectivity index (χ3n) is 8.81. The Hall–Kier alpha value is -4.02. The van der Waals surface area contributed by atoms with Crippen molar-refractivity contribution in [3.63, 3.8) is 0 Å². The smallest absolute Gasteiger partial charge is 0.313 e. The van der Waals surface area contributed by atoms with E-state index in [2.05, 4.69) is 26.0 Å². The fourth-order valence-corrected chi connectivity index (χ4v) is 5.44. The number of hydrogen-bond donors (Lipinski definition) is 7. The molecule has 16 nitrogen and oxygen atoms in total. The lowest BCUT2D eigenvalue weighted by Gasteiger charge is -2.35. The Morgan fingerprint density at radius 3 is 1.20 bits per heavy atom. The van der Waals surface area contributed by atoms with Gasteiger partial charge < -0.3 is 57.4 Å². The first kappa shape index (κ1) is 53.0. The van der Waals surface area contributed by atoms with Gasteiger partial charge in [-0.15, -0.1) is 0 Å². The summed E-state index contributed by atoms with van der Waals surface area (Å²) in [7, 11) is 0. The van der Waals surface area contributed by atoms with Crippen LogP contribution in [0.3, 0.4) is 0 Å². The second kappa shape index (κ2) is 31.8. The maximum absolute atomic E-state index is 13.7. The summed E-state index contributed by atoms with van der Waals surface area (Å²) in [5.41, 5.74) is 15.6. The summed E-state index contributed by atoms with van der Waals surface area (Å²) >= 11 is 0. The second-order valence-electron chi connectivity index (χ2n) is 13.6. The normalized spacial score (nSPS) is 11.3. The van der Waals surface area contributed by atoms with E-state index in [4.69, 9.17) is 31.4 Å². The summed E-state index contributed by atoms with van der Waals surface area (Å²) in [5.74, 6) is -15.5. The molecule has 1 aromatic rings. The molecule has 4 amide bonds. The molecule has 0 aromatic heterocycles.